The first-order chi connectivity index (χ1) is 13.6. The Kier molecular flexibility index (Phi) is 4.37. The number of aliphatic hydroxyl groups is 1. The standard InChI is InChI=1S/C22H16N2O4/c25-17-8-6-14(7-9-17)19-18(20(26)15-10-12-23-13-11-15)21(27)22(28)24(19)16-4-2-1-3-5-16/h1-13,19,25-26H/b20-18-. The number of nitrogens with zero attached hydrogens (tertiary/aromatic N) is 2. The Morgan fingerprint density at radius 2 is 1.54 bits per heavy atom. The van der Waals surface area contributed by atoms with Gasteiger partial charge in [0.15, 0.2) is 0 Å². The summed E-state index contributed by atoms with van der Waals surface area (Å²) in [6.45, 7) is 0. The summed E-state index contributed by atoms with van der Waals surface area (Å²) in [5.74, 6) is -1.69. The second kappa shape index (κ2) is 7.00. The Morgan fingerprint density at radius 3 is 2.18 bits per heavy atom. The Hall–Kier alpha value is -3.93. The zero-order valence-corrected chi connectivity index (χ0v) is 14.7. The van der Waals surface area contributed by atoms with Crippen LogP contribution in [0.4, 0.5) is 5.69 Å². The van der Waals surface area contributed by atoms with Crippen LogP contribution in [-0.4, -0.2) is 26.9 Å². The molecule has 28 heavy (non-hydrogen) atoms. The first-order valence-electron chi connectivity index (χ1n) is 8.63. The third-order valence-electron chi connectivity index (χ3n) is 4.64. The lowest BCUT2D eigenvalue weighted by atomic mass is 9.95. The van der Waals surface area contributed by atoms with Gasteiger partial charge in [0.2, 0.25) is 0 Å². The maximum absolute atomic E-state index is 12.9. The summed E-state index contributed by atoms with van der Waals surface area (Å²) in [4.78, 5) is 31.0. The lowest BCUT2D eigenvalue weighted by molar-refractivity contribution is -0.132. The van der Waals surface area contributed by atoms with Crippen LogP contribution >= 0.6 is 0 Å². The van der Waals surface area contributed by atoms with Gasteiger partial charge in [0, 0.05) is 23.6 Å². The van der Waals surface area contributed by atoms with E-state index in [0.29, 0.717) is 16.8 Å². The average molecular weight is 372 g/mol. The predicted octanol–water partition coefficient (Wildman–Crippen LogP) is 3.41. The maximum Gasteiger partial charge on any atom is 0.300 e. The number of aliphatic hydroxyl groups excluding tert-OH is 1. The van der Waals surface area contributed by atoms with Gasteiger partial charge in [0.05, 0.1) is 11.6 Å². The highest BCUT2D eigenvalue weighted by atomic mass is 16.3. The molecule has 1 unspecified atom stereocenters. The molecule has 1 aliphatic heterocycles. The van der Waals surface area contributed by atoms with Gasteiger partial charge in [0.1, 0.15) is 11.5 Å². The Balaban J connectivity index is 1.95. The van der Waals surface area contributed by atoms with Gasteiger partial charge in [-0.05, 0) is 42.0 Å². The summed E-state index contributed by atoms with van der Waals surface area (Å²) in [6, 6.07) is 17.3. The van der Waals surface area contributed by atoms with Crippen molar-refractivity contribution in [3.8, 4) is 5.75 Å². The molecule has 1 saturated heterocycles. The molecule has 138 valence electrons. The number of para-hydroxylation sites is 1. The van der Waals surface area contributed by atoms with E-state index in [9.17, 15) is 19.8 Å². The van der Waals surface area contributed by atoms with Crippen LogP contribution in [0.2, 0.25) is 0 Å². The number of aromatic nitrogens is 1. The summed E-state index contributed by atoms with van der Waals surface area (Å²) < 4.78 is 0. The highest BCUT2D eigenvalue weighted by Crippen LogP contribution is 2.42. The second-order valence-electron chi connectivity index (χ2n) is 6.33. The fraction of sp³-hybridized carbons (Fsp3) is 0.0455. The van der Waals surface area contributed by atoms with Crippen molar-refractivity contribution in [1.29, 1.82) is 0 Å². The minimum atomic E-state index is -0.823. The van der Waals surface area contributed by atoms with Crippen molar-refractivity contribution >= 4 is 23.1 Å². The fourth-order valence-electron chi connectivity index (χ4n) is 3.32. The molecule has 4 rings (SSSR count). The van der Waals surface area contributed by atoms with Gasteiger partial charge in [-0.1, -0.05) is 30.3 Å². The molecule has 1 atom stereocenters. The molecule has 1 amide bonds. The van der Waals surface area contributed by atoms with Gasteiger partial charge < -0.3 is 10.2 Å². The van der Waals surface area contributed by atoms with Crippen LogP contribution in [0.15, 0.2) is 84.7 Å². The number of aromatic hydroxyl groups is 1. The van der Waals surface area contributed by atoms with Crippen LogP contribution in [0.5, 0.6) is 5.75 Å². The van der Waals surface area contributed by atoms with Gasteiger partial charge in [-0.3, -0.25) is 19.5 Å². The van der Waals surface area contributed by atoms with E-state index in [0.717, 1.165) is 0 Å². The molecule has 2 N–H and O–H groups in total. The van der Waals surface area contributed by atoms with E-state index < -0.39 is 17.7 Å². The molecule has 0 bridgehead atoms. The lowest BCUT2D eigenvalue weighted by Gasteiger charge is -2.25. The number of rotatable bonds is 3. The summed E-state index contributed by atoms with van der Waals surface area (Å²) in [7, 11) is 0. The number of anilines is 1. The average Bonchev–Trinajstić information content (AvgIpc) is 3.00. The Bertz CT molecular complexity index is 1060. The van der Waals surface area contributed by atoms with Gasteiger partial charge in [-0.15, -0.1) is 0 Å². The highest BCUT2D eigenvalue weighted by Gasteiger charge is 2.46. The lowest BCUT2D eigenvalue weighted by Crippen LogP contribution is -2.29. The van der Waals surface area contributed by atoms with Crippen LogP contribution in [0.1, 0.15) is 17.2 Å². The van der Waals surface area contributed by atoms with E-state index in [1.807, 2.05) is 6.07 Å². The van der Waals surface area contributed by atoms with Crippen LogP contribution in [0.3, 0.4) is 0 Å². The third kappa shape index (κ3) is 2.91. The summed E-state index contributed by atoms with van der Waals surface area (Å²) >= 11 is 0. The van der Waals surface area contributed by atoms with Gasteiger partial charge in [-0.2, -0.15) is 0 Å². The van der Waals surface area contributed by atoms with Crippen molar-refractivity contribution in [1.82, 2.24) is 4.98 Å². The Morgan fingerprint density at radius 1 is 0.893 bits per heavy atom. The fourth-order valence-corrected chi connectivity index (χ4v) is 3.32. The van der Waals surface area contributed by atoms with Crippen LogP contribution in [-0.2, 0) is 9.59 Å². The summed E-state index contributed by atoms with van der Waals surface area (Å²) in [5.41, 5.74) is 1.52. The molecule has 1 aromatic heterocycles. The van der Waals surface area contributed by atoms with Crippen molar-refractivity contribution in [3.63, 3.8) is 0 Å². The number of carbonyl (C=O) groups excluding carboxylic acids is 2. The minimum absolute atomic E-state index is 0.00857. The highest BCUT2D eigenvalue weighted by molar-refractivity contribution is 6.51. The smallest absolute Gasteiger partial charge is 0.300 e. The Labute approximate surface area is 161 Å². The van der Waals surface area contributed by atoms with E-state index in [1.165, 1.54) is 29.4 Å². The predicted molar refractivity (Wildman–Crippen MR) is 104 cm³/mol. The molecule has 0 saturated carbocycles. The molecule has 1 aliphatic rings. The number of Topliss-reactive ketones (excluding diaryl/α,β-unsaturated/α-hetero) is 1. The zero-order valence-electron chi connectivity index (χ0n) is 14.7. The summed E-state index contributed by atoms with van der Waals surface area (Å²) in [5, 5.41) is 20.5. The molecule has 3 aromatic rings. The first-order valence-corrected chi connectivity index (χ1v) is 8.63. The van der Waals surface area contributed by atoms with E-state index in [4.69, 9.17) is 0 Å². The molecule has 0 aliphatic carbocycles. The van der Waals surface area contributed by atoms with E-state index in [-0.39, 0.29) is 17.1 Å². The van der Waals surface area contributed by atoms with Gasteiger partial charge in [-0.25, -0.2) is 0 Å². The largest absolute Gasteiger partial charge is 0.508 e. The molecule has 0 spiro atoms. The number of phenolic OH excluding ortho intramolecular Hbond substituents is 1. The maximum atomic E-state index is 12.9. The number of carbonyl (C=O) groups is 2. The monoisotopic (exact) mass is 372 g/mol. The number of hydrogen-bond acceptors (Lipinski definition) is 5. The third-order valence-corrected chi connectivity index (χ3v) is 4.64. The first kappa shape index (κ1) is 17.5. The number of ketones is 1. The van der Waals surface area contributed by atoms with Crippen molar-refractivity contribution < 1.29 is 19.8 Å². The second-order valence-corrected chi connectivity index (χ2v) is 6.33. The molecular formula is C22H16N2O4. The van der Waals surface area contributed by atoms with Crippen molar-refractivity contribution in [2.45, 2.75) is 6.04 Å². The molecule has 6 nitrogen and oxygen atoms in total. The van der Waals surface area contributed by atoms with Crippen molar-refractivity contribution in [2.75, 3.05) is 4.90 Å². The van der Waals surface area contributed by atoms with Crippen LogP contribution in [0.25, 0.3) is 5.76 Å². The SMILES string of the molecule is O=C1C(=O)N(c2ccccc2)C(c2ccc(O)cc2)/C1=C(/O)c1ccncc1. The molecule has 2 aromatic carbocycles. The van der Waals surface area contributed by atoms with E-state index >= 15 is 0 Å². The van der Waals surface area contributed by atoms with Gasteiger partial charge in [0.25, 0.3) is 11.7 Å². The van der Waals surface area contributed by atoms with E-state index in [1.54, 1.807) is 48.5 Å². The molecule has 2 heterocycles. The van der Waals surface area contributed by atoms with Crippen molar-refractivity contribution in [2.24, 2.45) is 0 Å². The van der Waals surface area contributed by atoms with Crippen LogP contribution in [0, 0.1) is 0 Å². The normalized spacial score (nSPS) is 18.4. The summed E-state index contributed by atoms with van der Waals surface area (Å²) in [6.07, 6.45) is 3.00. The molecule has 0 radical (unpaired) electrons. The number of benzene rings is 2. The quantitative estimate of drug-likeness (QED) is 0.418. The minimum Gasteiger partial charge on any atom is -0.508 e. The van der Waals surface area contributed by atoms with Crippen LogP contribution < -0.4 is 4.90 Å². The molecule has 6 heteroatoms. The number of pyridine rings is 1. The molecule has 1 fully saturated rings. The van der Waals surface area contributed by atoms with Gasteiger partial charge >= 0.3 is 0 Å². The zero-order chi connectivity index (χ0) is 19.7. The number of phenols is 1. The topological polar surface area (TPSA) is 90.7 Å². The number of hydrogen-bond donors (Lipinski definition) is 2. The van der Waals surface area contributed by atoms with Crippen molar-refractivity contribution in [3.05, 3.63) is 95.8 Å². The molecular weight excluding hydrogens is 356 g/mol. The van der Waals surface area contributed by atoms with E-state index in [2.05, 4.69) is 4.98 Å². The number of amides is 1.